The summed E-state index contributed by atoms with van der Waals surface area (Å²) < 4.78 is 30.3. The monoisotopic (exact) mass is 1100 g/mol. The molecule has 1 N–H and O–H groups in total. The molecule has 3 atom stereocenters. The van der Waals surface area contributed by atoms with Crippen molar-refractivity contribution in [1.29, 1.82) is 0 Å². The number of phosphoric acid groups is 1. The second-order valence-electron chi connectivity index (χ2n) is 22.9. The van der Waals surface area contributed by atoms with Crippen molar-refractivity contribution < 1.29 is 37.3 Å². The lowest BCUT2D eigenvalue weighted by Crippen LogP contribution is -2.47. The smallest absolute Gasteiger partial charge is 0.306 e. The number of nitrogens with zero attached hydrogens (tertiary/aromatic N) is 1. The Morgan fingerprint density at radius 3 is 1.26 bits per heavy atom. The van der Waals surface area contributed by atoms with Gasteiger partial charge in [0.2, 0.25) is 5.91 Å². The molecule has 0 heterocycles. The summed E-state index contributed by atoms with van der Waals surface area (Å²) in [6.07, 6.45) is 73.2. The third-order valence-electron chi connectivity index (χ3n) is 14.2. The Morgan fingerprint density at radius 2 is 0.844 bits per heavy atom. The Bertz CT molecular complexity index is 1550. The van der Waals surface area contributed by atoms with Crippen LogP contribution in [0.1, 0.15) is 290 Å². The van der Waals surface area contributed by atoms with Gasteiger partial charge in [-0.15, -0.1) is 0 Å². The summed E-state index contributed by atoms with van der Waals surface area (Å²) >= 11 is 0. The van der Waals surface area contributed by atoms with Crippen LogP contribution >= 0.6 is 7.82 Å². The molecule has 0 aliphatic rings. The van der Waals surface area contributed by atoms with Gasteiger partial charge in [0, 0.05) is 12.8 Å². The highest BCUT2D eigenvalue weighted by Crippen LogP contribution is 2.38. The van der Waals surface area contributed by atoms with E-state index in [2.05, 4.69) is 86.8 Å². The van der Waals surface area contributed by atoms with Gasteiger partial charge in [-0.3, -0.25) is 14.2 Å². The maximum Gasteiger partial charge on any atom is 0.306 e. The van der Waals surface area contributed by atoms with Crippen molar-refractivity contribution in [2.24, 2.45) is 0 Å². The van der Waals surface area contributed by atoms with Gasteiger partial charge < -0.3 is 28.5 Å². The Hall–Kier alpha value is -2.55. The topological polar surface area (TPSA) is 114 Å². The Labute approximate surface area is 476 Å². The lowest BCUT2D eigenvalue weighted by Gasteiger charge is -2.30. The number of rotatable bonds is 58. The molecule has 0 aliphatic heterocycles. The van der Waals surface area contributed by atoms with E-state index in [1.807, 2.05) is 33.3 Å². The SMILES string of the molecule is CC/C=C\C/C=C\C/C=C\C/C=C\C/C=C\CCCC(=O)NC(COP(=O)([O-])OCC[N+](C)(C)C)C(/C=C\CCCCCCCCCCC)OC(=O)CCCCCCCCCCCCCCCCCCCCCCCCC. The highest BCUT2D eigenvalue weighted by atomic mass is 31.2. The minimum Gasteiger partial charge on any atom is -0.756 e. The first-order valence-corrected chi connectivity index (χ1v) is 33.7. The zero-order valence-corrected chi connectivity index (χ0v) is 52.0. The van der Waals surface area contributed by atoms with Crippen molar-refractivity contribution in [1.82, 2.24) is 5.32 Å². The quantitative estimate of drug-likeness (QED) is 0.0212. The first-order chi connectivity index (χ1) is 37.4. The number of hydrogen-bond donors (Lipinski definition) is 1. The van der Waals surface area contributed by atoms with Gasteiger partial charge in [-0.25, -0.2) is 0 Å². The lowest BCUT2D eigenvalue weighted by molar-refractivity contribution is -0.870. The number of allylic oxidation sites excluding steroid dienone is 11. The average Bonchev–Trinajstić information content (AvgIpc) is 3.39. The van der Waals surface area contributed by atoms with Gasteiger partial charge in [-0.05, 0) is 70.3 Å². The number of quaternary nitrogens is 1. The van der Waals surface area contributed by atoms with Crippen molar-refractivity contribution >= 4 is 19.7 Å². The van der Waals surface area contributed by atoms with Gasteiger partial charge in [0.05, 0.1) is 33.8 Å². The van der Waals surface area contributed by atoms with E-state index in [4.69, 9.17) is 13.8 Å². The minimum absolute atomic E-state index is 0.0340. The third-order valence-corrected chi connectivity index (χ3v) is 15.1. The summed E-state index contributed by atoms with van der Waals surface area (Å²) in [4.78, 5) is 40.0. The Balaban J connectivity index is 5.17. The Morgan fingerprint density at radius 1 is 0.468 bits per heavy atom. The van der Waals surface area contributed by atoms with Crippen LogP contribution in [0.25, 0.3) is 0 Å². The number of likely N-dealkylation sites (N-methyl/N-ethyl adjacent to an activating group) is 1. The number of unbranched alkanes of at least 4 members (excludes halogenated alkanes) is 32. The van der Waals surface area contributed by atoms with E-state index < -0.39 is 26.6 Å². The number of ether oxygens (including phenoxy) is 1. The molecule has 0 aromatic carbocycles. The number of carbonyl (C=O) groups excluding carboxylic acids is 2. The first-order valence-electron chi connectivity index (χ1n) is 32.2. The van der Waals surface area contributed by atoms with Crippen LogP contribution < -0.4 is 10.2 Å². The van der Waals surface area contributed by atoms with Gasteiger partial charge in [-0.1, -0.05) is 280 Å². The van der Waals surface area contributed by atoms with Crippen molar-refractivity contribution in [3.05, 3.63) is 72.9 Å². The summed E-state index contributed by atoms with van der Waals surface area (Å²) in [5.74, 6) is -0.603. The molecule has 9 nitrogen and oxygen atoms in total. The highest BCUT2D eigenvalue weighted by molar-refractivity contribution is 7.45. The molecular weight excluding hydrogens is 976 g/mol. The van der Waals surface area contributed by atoms with E-state index >= 15 is 0 Å². The summed E-state index contributed by atoms with van der Waals surface area (Å²) in [5, 5.41) is 2.99. The second-order valence-corrected chi connectivity index (χ2v) is 24.3. The van der Waals surface area contributed by atoms with Crippen LogP contribution in [0.15, 0.2) is 72.9 Å². The van der Waals surface area contributed by atoms with E-state index in [1.54, 1.807) is 0 Å². The number of nitrogens with one attached hydrogen (secondary N) is 1. The van der Waals surface area contributed by atoms with Crippen LogP contribution in [0.2, 0.25) is 0 Å². The van der Waals surface area contributed by atoms with Crippen LogP contribution in [0.5, 0.6) is 0 Å². The predicted octanol–water partition coefficient (Wildman–Crippen LogP) is 19.4. The Kier molecular flexibility index (Phi) is 54.8. The van der Waals surface area contributed by atoms with E-state index in [0.29, 0.717) is 17.4 Å². The second kappa shape index (κ2) is 56.7. The lowest BCUT2D eigenvalue weighted by atomic mass is 10.0. The van der Waals surface area contributed by atoms with Gasteiger partial charge >= 0.3 is 5.97 Å². The summed E-state index contributed by atoms with van der Waals surface area (Å²) in [5.41, 5.74) is 0. The van der Waals surface area contributed by atoms with Crippen LogP contribution in [0.3, 0.4) is 0 Å². The number of esters is 1. The predicted molar refractivity (Wildman–Crippen MR) is 330 cm³/mol. The summed E-state index contributed by atoms with van der Waals surface area (Å²) in [6.45, 7) is 6.70. The van der Waals surface area contributed by atoms with E-state index in [-0.39, 0.29) is 31.3 Å². The van der Waals surface area contributed by atoms with Crippen molar-refractivity contribution in [2.45, 2.75) is 303 Å². The molecule has 3 unspecified atom stereocenters. The first kappa shape index (κ1) is 74.5. The third kappa shape index (κ3) is 57.9. The molecule has 10 heteroatoms. The highest BCUT2D eigenvalue weighted by Gasteiger charge is 2.27. The molecule has 0 saturated heterocycles. The average molecular weight is 1100 g/mol. The fourth-order valence-electron chi connectivity index (χ4n) is 9.21. The van der Waals surface area contributed by atoms with Crippen molar-refractivity contribution in [3.8, 4) is 0 Å². The zero-order chi connectivity index (χ0) is 56.4. The molecule has 0 bridgehead atoms. The van der Waals surface area contributed by atoms with Gasteiger partial charge in [0.25, 0.3) is 7.82 Å². The van der Waals surface area contributed by atoms with Crippen LogP contribution in [-0.4, -0.2) is 69.4 Å². The largest absolute Gasteiger partial charge is 0.756 e. The summed E-state index contributed by atoms with van der Waals surface area (Å²) in [6, 6.07) is -0.918. The maximum absolute atomic E-state index is 13.5. The standard InChI is InChI=1S/C67H123N2O7P/c1-7-10-13-16-19-22-25-27-29-31-32-33-34-35-36-38-40-42-45-48-51-54-57-60-67(71)76-65(58-55-52-49-46-43-24-21-18-15-12-9-3)64(63-75-77(72,73)74-62-61-69(4,5)6)68-66(70)59-56-53-50-47-44-41-39-37-30-28-26-23-20-17-14-11-8-2/h11,14,20,23,28,30,39,41,47,50,55,58,64-65H,7-10,12-13,15-19,21-22,24-27,29,31-38,40,42-46,48-49,51-54,56-57,59-63H2,1-6H3,(H-,68,70,72,73)/b14-11-,23-20-,30-28-,41-39-,50-47-,58-55-. The molecule has 0 saturated carbocycles. The van der Waals surface area contributed by atoms with Crippen molar-refractivity contribution in [2.75, 3.05) is 40.9 Å². The molecule has 77 heavy (non-hydrogen) atoms. The number of carbonyl (C=O) groups is 2. The molecule has 0 spiro atoms. The van der Waals surface area contributed by atoms with Gasteiger partial charge in [0.15, 0.2) is 0 Å². The number of amides is 1. The molecule has 1 amide bonds. The molecule has 0 fully saturated rings. The fourth-order valence-corrected chi connectivity index (χ4v) is 9.93. The minimum atomic E-state index is -4.71. The number of phosphoric ester groups is 1. The molecule has 0 aliphatic carbocycles. The van der Waals surface area contributed by atoms with Gasteiger partial charge in [0.1, 0.15) is 19.3 Å². The van der Waals surface area contributed by atoms with Crippen LogP contribution in [0, 0.1) is 0 Å². The number of hydrogen-bond acceptors (Lipinski definition) is 7. The van der Waals surface area contributed by atoms with Crippen molar-refractivity contribution in [3.63, 3.8) is 0 Å². The molecule has 448 valence electrons. The van der Waals surface area contributed by atoms with E-state index in [9.17, 15) is 19.0 Å². The fraction of sp³-hybridized carbons (Fsp3) is 0.791. The molecule has 0 radical (unpaired) electrons. The van der Waals surface area contributed by atoms with Gasteiger partial charge in [-0.2, -0.15) is 0 Å². The van der Waals surface area contributed by atoms with Crippen LogP contribution in [-0.2, 0) is 27.9 Å². The van der Waals surface area contributed by atoms with E-state index in [1.165, 1.54) is 173 Å². The normalized spacial score (nSPS) is 14.1. The maximum atomic E-state index is 13.5. The molecule has 0 aromatic rings. The molecule has 0 aromatic heterocycles. The summed E-state index contributed by atoms with van der Waals surface area (Å²) in [7, 11) is 1.15. The molecular formula is C67H123N2O7P. The molecule has 0 rings (SSSR count). The van der Waals surface area contributed by atoms with E-state index in [0.717, 1.165) is 77.0 Å². The zero-order valence-electron chi connectivity index (χ0n) is 51.2. The van der Waals surface area contributed by atoms with Crippen LogP contribution in [0.4, 0.5) is 0 Å².